The number of halogens is 1. The fourth-order valence-electron chi connectivity index (χ4n) is 2.21. The SMILES string of the molecule is O=C(NCC[C@H](CCO)c1cccs1)c1ccccc1Br. The summed E-state index contributed by atoms with van der Waals surface area (Å²) in [6.07, 6.45) is 1.56. The lowest BCUT2D eigenvalue weighted by Crippen LogP contribution is -2.26. The average molecular weight is 368 g/mol. The molecule has 2 rings (SSSR count). The Kier molecular flexibility index (Phi) is 6.42. The first kappa shape index (κ1) is 16.2. The van der Waals surface area contributed by atoms with Crippen LogP contribution in [0, 0.1) is 0 Å². The van der Waals surface area contributed by atoms with Gasteiger partial charge in [-0.2, -0.15) is 0 Å². The molecule has 1 amide bonds. The highest BCUT2D eigenvalue weighted by Crippen LogP contribution is 2.27. The molecule has 0 unspecified atom stereocenters. The number of rotatable bonds is 7. The fourth-order valence-corrected chi connectivity index (χ4v) is 3.57. The van der Waals surface area contributed by atoms with Crippen LogP contribution >= 0.6 is 27.3 Å². The molecule has 1 heterocycles. The van der Waals surface area contributed by atoms with E-state index in [0.717, 1.165) is 17.3 Å². The highest BCUT2D eigenvalue weighted by atomic mass is 79.9. The molecule has 0 radical (unpaired) electrons. The largest absolute Gasteiger partial charge is 0.396 e. The van der Waals surface area contributed by atoms with Crippen molar-refractivity contribution in [3.63, 3.8) is 0 Å². The van der Waals surface area contributed by atoms with Crippen LogP contribution < -0.4 is 5.32 Å². The predicted octanol–water partition coefficient (Wildman–Crippen LogP) is 3.80. The van der Waals surface area contributed by atoms with Gasteiger partial charge in [-0.1, -0.05) is 18.2 Å². The van der Waals surface area contributed by atoms with E-state index in [-0.39, 0.29) is 12.5 Å². The minimum absolute atomic E-state index is 0.0728. The molecule has 0 fully saturated rings. The van der Waals surface area contributed by atoms with Gasteiger partial charge in [-0.3, -0.25) is 4.79 Å². The van der Waals surface area contributed by atoms with E-state index >= 15 is 0 Å². The molecule has 112 valence electrons. The number of hydrogen-bond acceptors (Lipinski definition) is 3. The minimum atomic E-state index is -0.0728. The number of aliphatic hydroxyl groups excluding tert-OH is 1. The van der Waals surface area contributed by atoms with E-state index in [1.165, 1.54) is 4.88 Å². The molecule has 1 aromatic carbocycles. The first-order valence-electron chi connectivity index (χ1n) is 6.89. The van der Waals surface area contributed by atoms with Crippen molar-refractivity contribution in [1.29, 1.82) is 0 Å². The van der Waals surface area contributed by atoms with Gasteiger partial charge in [0.15, 0.2) is 0 Å². The molecule has 3 nitrogen and oxygen atoms in total. The average Bonchev–Trinajstić information content (AvgIpc) is 3.01. The van der Waals surface area contributed by atoms with Crippen LogP contribution in [0.1, 0.15) is 34.0 Å². The van der Waals surface area contributed by atoms with Gasteiger partial charge in [0.05, 0.1) is 5.56 Å². The topological polar surface area (TPSA) is 49.3 Å². The normalized spacial score (nSPS) is 12.1. The maximum absolute atomic E-state index is 12.1. The number of thiophene rings is 1. The summed E-state index contributed by atoms with van der Waals surface area (Å²) in [5.41, 5.74) is 0.646. The van der Waals surface area contributed by atoms with Crippen LogP contribution in [0.15, 0.2) is 46.3 Å². The van der Waals surface area contributed by atoms with Gasteiger partial charge in [-0.05, 0) is 58.3 Å². The molecule has 0 bridgehead atoms. The predicted molar refractivity (Wildman–Crippen MR) is 89.9 cm³/mol. The zero-order chi connectivity index (χ0) is 15.1. The first-order valence-corrected chi connectivity index (χ1v) is 8.56. The number of amides is 1. The Morgan fingerprint density at radius 3 is 2.71 bits per heavy atom. The van der Waals surface area contributed by atoms with E-state index in [1.807, 2.05) is 29.6 Å². The third kappa shape index (κ3) is 4.66. The van der Waals surface area contributed by atoms with Gasteiger partial charge in [0, 0.05) is 22.5 Å². The molecule has 2 aromatic rings. The Labute approximate surface area is 137 Å². The molecule has 0 aliphatic carbocycles. The zero-order valence-electron chi connectivity index (χ0n) is 11.6. The van der Waals surface area contributed by atoms with Crippen LogP contribution in [0.3, 0.4) is 0 Å². The first-order chi connectivity index (χ1) is 10.2. The summed E-state index contributed by atoms with van der Waals surface area (Å²) < 4.78 is 0.799. The van der Waals surface area contributed by atoms with E-state index in [4.69, 9.17) is 5.11 Å². The summed E-state index contributed by atoms with van der Waals surface area (Å²) in [5, 5.41) is 14.2. The van der Waals surface area contributed by atoms with Crippen molar-refractivity contribution >= 4 is 33.2 Å². The van der Waals surface area contributed by atoms with Crippen molar-refractivity contribution in [3.8, 4) is 0 Å². The van der Waals surface area contributed by atoms with Crippen molar-refractivity contribution in [2.75, 3.05) is 13.2 Å². The van der Waals surface area contributed by atoms with Gasteiger partial charge in [-0.25, -0.2) is 0 Å². The van der Waals surface area contributed by atoms with E-state index in [2.05, 4.69) is 27.3 Å². The van der Waals surface area contributed by atoms with Crippen LogP contribution in [0.2, 0.25) is 0 Å². The summed E-state index contributed by atoms with van der Waals surface area (Å²) in [7, 11) is 0. The third-order valence-corrected chi connectivity index (χ3v) is 5.05. The highest BCUT2D eigenvalue weighted by Gasteiger charge is 2.14. The molecular weight excluding hydrogens is 350 g/mol. The molecule has 0 aliphatic rings. The number of nitrogens with one attached hydrogen (secondary N) is 1. The molecule has 0 spiro atoms. The number of benzene rings is 1. The van der Waals surface area contributed by atoms with Crippen molar-refractivity contribution < 1.29 is 9.90 Å². The molecule has 0 aliphatic heterocycles. The van der Waals surface area contributed by atoms with Gasteiger partial charge in [0.2, 0.25) is 0 Å². The van der Waals surface area contributed by atoms with Gasteiger partial charge in [-0.15, -0.1) is 11.3 Å². The Hall–Kier alpha value is -1.17. The van der Waals surface area contributed by atoms with Crippen LogP contribution in [0.5, 0.6) is 0 Å². The third-order valence-electron chi connectivity index (χ3n) is 3.32. The zero-order valence-corrected chi connectivity index (χ0v) is 14.0. The standard InChI is InChI=1S/C16H18BrNO2S/c17-14-5-2-1-4-13(14)16(20)18-9-7-12(8-10-19)15-6-3-11-21-15/h1-6,11-12,19H,7-10H2,(H,18,20)/t12-/m1/s1. The van der Waals surface area contributed by atoms with Crippen molar-refractivity contribution in [3.05, 3.63) is 56.7 Å². The molecule has 0 saturated carbocycles. The van der Waals surface area contributed by atoms with Gasteiger partial charge >= 0.3 is 0 Å². The van der Waals surface area contributed by atoms with E-state index in [0.29, 0.717) is 18.0 Å². The highest BCUT2D eigenvalue weighted by molar-refractivity contribution is 9.10. The van der Waals surface area contributed by atoms with E-state index in [1.54, 1.807) is 17.4 Å². The van der Waals surface area contributed by atoms with Crippen LogP contribution in [0.25, 0.3) is 0 Å². The second-order valence-electron chi connectivity index (χ2n) is 4.75. The molecule has 0 saturated heterocycles. The Balaban J connectivity index is 1.88. The molecule has 21 heavy (non-hydrogen) atoms. The number of carbonyl (C=O) groups is 1. The fraction of sp³-hybridized carbons (Fsp3) is 0.312. The molecular formula is C16H18BrNO2S. The quantitative estimate of drug-likeness (QED) is 0.781. The van der Waals surface area contributed by atoms with Crippen LogP contribution in [0.4, 0.5) is 0 Å². The smallest absolute Gasteiger partial charge is 0.252 e. The Bertz CT molecular complexity index is 571. The molecule has 1 atom stereocenters. The summed E-state index contributed by atoms with van der Waals surface area (Å²) in [6, 6.07) is 11.5. The van der Waals surface area contributed by atoms with E-state index in [9.17, 15) is 4.79 Å². The number of hydrogen-bond donors (Lipinski definition) is 2. The van der Waals surface area contributed by atoms with Gasteiger partial charge in [0.25, 0.3) is 5.91 Å². The monoisotopic (exact) mass is 367 g/mol. The minimum Gasteiger partial charge on any atom is -0.396 e. The van der Waals surface area contributed by atoms with Gasteiger partial charge in [0.1, 0.15) is 0 Å². The van der Waals surface area contributed by atoms with Crippen LogP contribution in [-0.2, 0) is 0 Å². The molecule has 5 heteroatoms. The summed E-state index contributed by atoms with van der Waals surface area (Å²) >= 11 is 5.08. The maximum atomic E-state index is 12.1. The van der Waals surface area contributed by atoms with Gasteiger partial charge < -0.3 is 10.4 Å². The summed E-state index contributed by atoms with van der Waals surface area (Å²) in [4.78, 5) is 13.4. The molecule has 2 N–H and O–H groups in total. The van der Waals surface area contributed by atoms with Crippen molar-refractivity contribution in [1.82, 2.24) is 5.32 Å². The second kappa shape index (κ2) is 8.32. The number of aliphatic hydroxyl groups is 1. The van der Waals surface area contributed by atoms with E-state index < -0.39 is 0 Å². The lowest BCUT2D eigenvalue weighted by molar-refractivity contribution is 0.0951. The lowest BCUT2D eigenvalue weighted by Gasteiger charge is -2.14. The second-order valence-corrected chi connectivity index (χ2v) is 6.58. The van der Waals surface area contributed by atoms with Crippen LogP contribution in [-0.4, -0.2) is 24.2 Å². The Morgan fingerprint density at radius 1 is 1.24 bits per heavy atom. The summed E-state index contributed by atoms with van der Waals surface area (Å²) in [6.45, 7) is 0.767. The summed E-state index contributed by atoms with van der Waals surface area (Å²) in [5.74, 6) is 0.228. The maximum Gasteiger partial charge on any atom is 0.252 e. The number of carbonyl (C=O) groups excluding carboxylic acids is 1. The lowest BCUT2D eigenvalue weighted by atomic mass is 10.00. The van der Waals surface area contributed by atoms with Crippen molar-refractivity contribution in [2.24, 2.45) is 0 Å². The Morgan fingerprint density at radius 2 is 2.05 bits per heavy atom. The van der Waals surface area contributed by atoms with Crippen molar-refractivity contribution in [2.45, 2.75) is 18.8 Å². The molecule has 1 aromatic heterocycles.